The molecule has 0 atom stereocenters. The maximum atomic E-state index is 13.5. The molecule has 0 bridgehead atoms. The molecule has 0 unspecified atom stereocenters. The predicted octanol–water partition coefficient (Wildman–Crippen LogP) is 3.17. The molecule has 2 rings (SSSR count). The van der Waals surface area contributed by atoms with Crippen LogP contribution in [0.5, 0.6) is 5.75 Å². The fourth-order valence-corrected chi connectivity index (χ4v) is 1.72. The SMILES string of the molecule is COc1cc(Nc2cccc(F)c2C#N)c(N)cc1F. The average Bonchev–Trinajstić information content (AvgIpc) is 2.42. The van der Waals surface area contributed by atoms with E-state index in [1.807, 2.05) is 0 Å². The number of nitrogens with zero attached hydrogens (tertiary/aromatic N) is 1. The summed E-state index contributed by atoms with van der Waals surface area (Å²) >= 11 is 0. The molecule has 0 fully saturated rings. The number of anilines is 3. The number of nitriles is 1. The first kappa shape index (κ1) is 13.6. The number of rotatable bonds is 3. The Hall–Kier alpha value is -2.81. The molecule has 4 nitrogen and oxygen atoms in total. The van der Waals surface area contributed by atoms with Crippen molar-refractivity contribution in [1.29, 1.82) is 5.26 Å². The third-order valence-electron chi connectivity index (χ3n) is 2.72. The molecule has 2 aromatic carbocycles. The average molecular weight is 275 g/mol. The second-order valence-electron chi connectivity index (χ2n) is 3.97. The number of halogens is 2. The van der Waals surface area contributed by atoms with Gasteiger partial charge >= 0.3 is 0 Å². The maximum Gasteiger partial charge on any atom is 0.167 e. The van der Waals surface area contributed by atoms with Crippen LogP contribution in [0.15, 0.2) is 30.3 Å². The summed E-state index contributed by atoms with van der Waals surface area (Å²) in [6, 6.07) is 8.35. The number of hydrogen-bond acceptors (Lipinski definition) is 4. The van der Waals surface area contributed by atoms with E-state index in [-0.39, 0.29) is 22.7 Å². The summed E-state index contributed by atoms with van der Waals surface area (Å²) in [7, 11) is 1.32. The van der Waals surface area contributed by atoms with Crippen LogP contribution < -0.4 is 15.8 Å². The second kappa shape index (κ2) is 5.45. The van der Waals surface area contributed by atoms with E-state index in [0.717, 1.165) is 6.07 Å². The van der Waals surface area contributed by atoms with Crippen molar-refractivity contribution in [3.63, 3.8) is 0 Å². The topological polar surface area (TPSA) is 71.1 Å². The minimum Gasteiger partial charge on any atom is -0.494 e. The van der Waals surface area contributed by atoms with E-state index in [4.69, 9.17) is 15.7 Å². The molecule has 0 heterocycles. The molecule has 0 aliphatic rings. The minimum absolute atomic E-state index is 0.00314. The highest BCUT2D eigenvalue weighted by Crippen LogP contribution is 2.31. The van der Waals surface area contributed by atoms with Gasteiger partial charge in [-0.25, -0.2) is 8.78 Å². The molecule has 0 amide bonds. The number of benzene rings is 2. The molecule has 0 spiro atoms. The van der Waals surface area contributed by atoms with Crippen LogP contribution >= 0.6 is 0 Å². The molecule has 0 saturated carbocycles. The lowest BCUT2D eigenvalue weighted by atomic mass is 10.1. The Morgan fingerprint density at radius 3 is 2.60 bits per heavy atom. The summed E-state index contributed by atoms with van der Waals surface area (Å²) in [5.41, 5.74) is 6.23. The van der Waals surface area contributed by atoms with Gasteiger partial charge in [0.1, 0.15) is 17.4 Å². The van der Waals surface area contributed by atoms with Crippen LogP contribution in [0.25, 0.3) is 0 Å². The van der Waals surface area contributed by atoms with Crippen LogP contribution in [0.4, 0.5) is 25.8 Å². The highest BCUT2D eigenvalue weighted by Gasteiger charge is 2.12. The van der Waals surface area contributed by atoms with E-state index in [0.29, 0.717) is 5.69 Å². The molecule has 2 aromatic rings. The van der Waals surface area contributed by atoms with Gasteiger partial charge in [-0.2, -0.15) is 5.26 Å². The first-order valence-electron chi connectivity index (χ1n) is 5.65. The van der Waals surface area contributed by atoms with E-state index >= 15 is 0 Å². The highest BCUT2D eigenvalue weighted by atomic mass is 19.1. The van der Waals surface area contributed by atoms with Crippen molar-refractivity contribution in [3.8, 4) is 11.8 Å². The Morgan fingerprint density at radius 1 is 1.20 bits per heavy atom. The fourth-order valence-electron chi connectivity index (χ4n) is 1.72. The summed E-state index contributed by atoms with van der Waals surface area (Å²) in [4.78, 5) is 0. The lowest BCUT2D eigenvalue weighted by Gasteiger charge is -2.13. The standard InChI is InChI=1S/C14H11F2N3O/c1-20-14-6-13(11(18)5-10(14)16)19-12-4-2-3-9(15)8(12)7-17/h2-6,19H,18H2,1H3. The van der Waals surface area contributed by atoms with Gasteiger partial charge in [-0.05, 0) is 12.1 Å². The Bertz CT molecular complexity index is 696. The van der Waals surface area contributed by atoms with Crippen LogP contribution in [0.3, 0.4) is 0 Å². The fraction of sp³-hybridized carbons (Fsp3) is 0.0714. The molecular formula is C14H11F2N3O. The summed E-state index contributed by atoms with van der Waals surface area (Å²) < 4.78 is 31.8. The van der Waals surface area contributed by atoms with Gasteiger partial charge in [0.2, 0.25) is 0 Å². The number of nitrogens with one attached hydrogen (secondary N) is 1. The third kappa shape index (κ3) is 2.47. The van der Waals surface area contributed by atoms with E-state index in [9.17, 15) is 8.78 Å². The van der Waals surface area contributed by atoms with E-state index in [2.05, 4.69) is 5.32 Å². The Labute approximate surface area is 114 Å². The first-order valence-corrected chi connectivity index (χ1v) is 5.65. The Balaban J connectivity index is 2.46. The predicted molar refractivity (Wildman–Crippen MR) is 71.8 cm³/mol. The number of hydrogen-bond donors (Lipinski definition) is 2. The first-order chi connectivity index (χ1) is 9.56. The smallest absolute Gasteiger partial charge is 0.167 e. The molecule has 0 aromatic heterocycles. The zero-order chi connectivity index (χ0) is 14.7. The summed E-state index contributed by atoms with van der Waals surface area (Å²) in [6.07, 6.45) is 0. The van der Waals surface area contributed by atoms with Crippen molar-refractivity contribution in [2.24, 2.45) is 0 Å². The van der Waals surface area contributed by atoms with E-state index < -0.39 is 11.6 Å². The normalized spacial score (nSPS) is 9.90. The molecule has 0 saturated heterocycles. The van der Waals surface area contributed by atoms with Gasteiger partial charge in [0, 0.05) is 12.1 Å². The van der Waals surface area contributed by atoms with Gasteiger partial charge < -0.3 is 15.8 Å². The van der Waals surface area contributed by atoms with Crippen molar-refractivity contribution in [2.45, 2.75) is 0 Å². The number of methoxy groups -OCH3 is 1. The number of nitrogen functional groups attached to an aromatic ring is 1. The highest BCUT2D eigenvalue weighted by molar-refractivity contribution is 5.76. The zero-order valence-electron chi connectivity index (χ0n) is 10.6. The largest absolute Gasteiger partial charge is 0.494 e. The Kier molecular flexibility index (Phi) is 3.71. The van der Waals surface area contributed by atoms with Crippen LogP contribution in [0.1, 0.15) is 5.56 Å². The summed E-state index contributed by atoms with van der Waals surface area (Å²) in [5, 5.41) is 11.7. The lowest BCUT2D eigenvalue weighted by molar-refractivity contribution is 0.387. The molecule has 3 N–H and O–H groups in total. The van der Waals surface area contributed by atoms with Gasteiger partial charge in [-0.3, -0.25) is 0 Å². The molecule has 0 aliphatic carbocycles. The van der Waals surface area contributed by atoms with Gasteiger partial charge in [0.05, 0.1) is 24.2 Å². The maximum absolute atomic E-state index is 13.5. The van der Waals surface area contributed by atoms with E-state index in [1.54, 1.807) is 6.07 Å². The van der Waals surface area contributed by atoms with Crippen molar-refractivity contribution >= 4 is 17.1 Å². The van der Waals surface area contributed by atoms with Crippen LogP contribution in [0, 0.1) is 23.0 Å². The van der Waals surface area contributed by atoms with Gasteiger partial charge in [0.25, 0.3) is 0 Å². The molecule has 0 aliphatic heterocycles. The van der Waals surface area contributed by atoms with Crippen LogP contribution in [-0.4, -0.2) is 7.11 Å². The van der Waals surface area contributed by atoms with Crippen LogP contribution in [0.2, 0.25) is 0 Å². The second-order valence-corrected chi connectivity index (χ2v) is 3.97. The summed E-state index contributed by atoms with van der Waals surface area (Å²) in [6.45, 7) is 0. The van der Waals surface area contributed by atoms with Crippen molar-refractivity contribution in [2.75, 3.05) is 18.2 Å². The van der Waals surface area contributed by atoms with E-state index in [1.165, 1.54) is 31.4 Å². The van der Waals surface area contributed by atoms with Crippen molar-refractivity contribution in [1.82, 2.24) is 0 Å². The molecule has 102 valence electrons. The van der Waals surface area contributed by atoms with Gasteiger partial charge in [-0.1, -0.05) is 6.07 Å². The van der Waals surface area contributed by atoms with Crippen molar-refractivity contribution < 1.29 is 13.5 Å². The van der Waals surface area contributed by atoms with Gasteiger partial charge in [0.15, 0.2) is 11.6 Å². The quantitative estimate of drug-likeness (QED) is 0.844. The van der Waals surface area contributed by atoms with Crippen molar-refractivity contribution in [3.05, 3.63) is 47.5 Å². The summed E-state index contributed by atoms with van der Waals surface area (Å²) in [5.74, 6) is -1.25. The molecule has 20 heavy (non-hydrogen) atoms. The van der Waals surface area contributed by atoms with Gasteiger partial charge in [-0.15, -0.1) is 0 Å². The third-order valence-corrected chi connectivity index (χ3v) is 2.72. The Morgan fingerprint density at radius 2 is 1.95 bits per heavy atom. The zero-order valence-corrected chi connectivity index (χ0v) is 10.6. The number of nitrogens with two attached hydrogens (primary N) is 1. The number of ether oxygens (including phenoxy) is 1. The molecule has 0 radical (unpaired) electrons. The van der Waals surface area contributed by atoms with Crippen LogP contribution in [-0.2, 0) is 0 Å². The molecular weight excluding hydrogens is 264 g/mol. The molecule has 6 heteroatoms. The minimum atomic E-state index is -0.648. The lowest BCUT2D eigenvalue weighted by Crippen LogP contribution is -2.01. The monoisotopic (exact) mass is 275 g/mol.